The molecule has 208 valence electrons. The molecule has 0 saturated heterocycles. The average Bonchev–Trinajstić information content (AvgIpc) is 2.94. The third-order valence-electron chi connectivity index (χ3n) is 4.96. The largest absolute Gasteiger partial charge is 0.513 e. The topological polar surface area (TPSA) is 135 Å². The molecule has 0 radical (unpaired) electrons. The van der Waals surface area contributed by atoms with E-state index in [2.05, 4.69) is 6.58 Å². The predicted octanol–water partition coefficient (Wildman–Crippen LogP) is 6.16. The smallest absolute Gasteiger partial charge is 0.506 e. The average molecular weight is 589 g/mol. The van der Waals surface area contributed by atoms with Crippen LogP contribution in [0.2, 0.25) is 10.0 Å². The van der Waals surface area contributed by atoms with Gasteiger partial charge in [-0.2, -0.15) is 0 Å². The van der Waals surface area contributed by atoms with Gasteiger partial charge in [-0.3, -0.25) is 0 Å². The first-order valence-corrected chi connectivity index (χ1v) is 12.4. The minimum Gasteiger partial charge on any atom is -0.506 e. The van der Waals surface area contributed by atoms with Gasteiger partial charge in [-0.25, -0.2) is 19.2 Å². The number of rotatable bonds is 11. The summed E-state index contributed by atoms with van der Waals surface area (Å²) < 4.78 is 25.3. The molecule has 0 aliphatic carbocycles. The van der Waals surface area contributed by atoms with Crippen LogP contribution >= 0.6 is 23.2 Å². The lowest BCUT2D eigenvalue weighted by molar-refractivity contribution is -0.137. The molecule has 0 aromatic heterocycles. The van der Waals surface area contributed by atoms with Crippen LogP contribution in [0.4, 0.5) is 4.79 Å². The van der Waals surface area contributed by atoms with Crippen molar-refractivity contribution in [3.05, 3.63) is 94.5 Å². The molecule has 0 atom stereocenters. The van der Waals surface area contributed by atoms with Crippen molar-refractivity contribution in [3.8, 4) is 23.0 Å². The molecule has 0 unspecified atom stereocenters. The van der Waals surface area contributed by atoms with E-state index in [0.29, 0.717) is 12.8 Å². The van der Waals surface area contributed by atoms with Gasteiger partial charge in [0.25, 0.3) is 0 Å². The molecule has 0 aliphatic heterocycles. The summed E-state index contributed by atoms with van der Waals surface area (Å²) in [6.45, 7) is 3.49. The van der Waals surface area contributed by atoms with E-state index >= 15 is 0 Å². The Bertz CT molecular complexity index is 1400. The van der Waals surface area contributed by atoms with Gasteiger partial charge in [0.15, 0.2) is 5.75 Å². The van der Waals surface area contributed by atoms with E-state index < -0.39 is 24.1 Å². The van der Waals surface area contributed by atoms with E-state index in [9.17, 15) is 24.3 Å². The fourth-order valence-electron chi connectivity index (χ4n) is 2.96. The summed E-state index contributed by atoms with van der Waals surface area (Å²) in [5, 5.41) is 9.44. The van der Waals surface area contributed by atoms with Crippen molar-refractivity contribution in [1.82, 2.24) is 0 Å². The van der Waals surface area contributed by atoms with Gasteiger partial charge in [0, 0.05) is 6.08 Å². The third-order valence-corrected chi connectivity index (χ3v) is 5.56. The van der Waals surface area contributed by atoms with Gasteiger partial charge in [-0.05, 0) is 73.5 Å². The molecule has 0 saturated carbocycles. The number of hydrogen-bond acceptors (Lipinski definition) is 10. The first kappa shape index (κ1) is 30.0. The highest BCUT2D eigenvalue weighted by Crippen LogP contribution is 2.28. The predicted molar refractivity (Wildman–Crippen MR) is 143 cm³/mol. The second-order valence-corrected chi connectivity index (χ2v) is 8.66. The highest BCUT2D eigenvalue weighted by atomic mass is 35.5. The Kier molecular flexibility index (Phi) is 10.9. The second-order valence-electron chi connectivity index (χ2n) is 7.84. The Balaban J connectivity index is 1.47. The lowest BCUT2D eigenvalue weighted by Gasteiger charge is -2.09. The van der Waals surface area contributed by atoms with Gasteiger partial charge in [-0.1, -0.05) is 29.8 Å². The van der Waals surface area contributed by atoms with Gasteiger partial charge in [-0.15, -0.1) is 0 Å². The lowest BCUT2D eigenvalue weighted by atomic mass is 10.2. The van der Waals surface area contributed by atoms with Crippen LogP contribution in [0.25, 0.3) is 0 Å². The number of carbonyl (C=O) groups excluding carboxylic acids is 4. The molecule has 40 heavy (non-hydrogen) atoms. The van der Waals surface area contributed by atoms with Crippen LogP contribution in [0.15, 0.2) is 73.3 Å². The van der Waals surface area contributed by atoms with Crippen molar-refractivity contribution in [2.45, 2.75) is 12.8 Å². The van der Waals surface area contributed by atoms with E-state index in [1.54, 1.807) is 0 Å². The van der Waals surface area contributed by atoms with Crippen LogP contribution in [0.5, 0.6) is 23.0 Å². The Morgan fingerprint density at radius 1 is 0.725 bits per heavy atom. The third kappa shape index (κ3) is 9.04. The number of carbonyl (C=O) groups is 4. The molecule has 0 bridgehead atoms. The zero-order chi connectivity index (χ0) is 29.1. The van der Waals surface area contributed by atoms with E-state index in [4.69, 9.17) is 46.9 Å². The first-order chi connectivity index (χ1) is 19.2. The van der Waals surface area contributed by atoms with E-state index in [-0.39, 0.29) is 57.4 Å². The van der Waals surface area contributed by atoms with Crippen molar-refractivity contribution < 1.29 is 48.0 Å². The molecular formula is C28H22Cl2O10. The molecule has 3 rings (SSSR count). The molecule has 0 spiro atoms. The van der Waals surface area contributed by atoms with Crippen molar-refractivity contribution in [3.63, 3.8) is 0 Å². The van der Waals surface area contributed by atoms with Crippen molar-refractivity contribution in [1.29, 1.82) is 0 Å². The number of phenols is 1. The SMILES string of the molecule is C=CC(=O)OCCCCOC(=O)Oc1ccc(C(=O)Oc2ccc(OC(=O)c3ccc(O)c(Cl)c3)cc2)cc1Cl. The van der Waals surface area contributed by atoms with Crippen LogP contribution in [0.1, 0.15) is 33.6 Å². The van der Waals surface area contributed by atoms with E-state index in [1.807, 2.05) is 0 Å². The van der Waals surface area contributed by atoms with Gasteiger partial charge < -0.3 is 28.8 Å². The minimum atomic E-state index is -0.991. The highest BCUT2D eigenvalue weighted by molar-refractivity contribution is 6.32. The van der Waals surface area contributed by atoms with Crippen LogP contribution < -0.4 is 14.2 Å². The summed E-state index contributed by atoms with van der Waals surface area (Å²) in [4.78, 5) is 47.6. The second kappa shape index (κ2) is 14.6. The quantitative estimate of drug-likeness (QED) is 0.0911. The van der Waals surface area contributed by atoms with Gasteiger partial charge >= 0.3 is 24.1 Å². The molecule has 0 amide bonds. The normalized spacial score (nSPS) is 10.2. The molecule has 12 heteroatoms. The monoisotopic (exact) mass is 588 g/mol. The van der Waals surface area contributed by atoms with E-state index in [0.717, 1.165) is 6.08 Å². The zero-order valence-electron chi connectivity index (χ0n) is 20.8. The number of phenolic OH excluding ortho intramolecular Hbond substituents is 1. The number of aromatic hydroxyl groups is 1. The Morgan fingerprint density at radius 2 is 1.25 bits per heavy atom. The number of halogens is 2. The molecule has 0 fully saturated rings. The summed E-state index contributed by atoms with van der Waals surface area (Å²) >= 11 is 11.9. The Morgan fingerprint density at radius 3 is 1.77 bits per heavy atom. The molecule has 1 N–H and O–H groups in total. The van der Waals surface area contributed by atoms with E-state index in [1.165, 1.54) is 60.7 Å². The van der Waals surface area contributed by atoms with Gasteiger partial charge in [0.2, 0.25) is 0 Å². The molecule has 3 aromatic rings. The van der Waals surface area contributed by atoms with Crippen molar-refractivity contribution in [2.24, 2.45) is 0 Å². The standard InChI is InChI=1S/C28H22Cl2O10/c1-2-25(32)36-13-3-4-14-37-28(35)40-24-12-6-18(16-22(24)30)27(34)39-20-9-7-19(8-10-20)38-26(33)17-5-11-23(31)21(29)15-17/h2,5-12,15-16,31H,1,3-4,13-14H2. The first-order valence-electron chi connectivity index (χ1n) is 11.6. The summed E-state index contributed by atoms with van der Waals surface area (Å²) in [5.41, 5.74) is 0.221. The molecule has 10 nitrogen and oxygen atoms in total. The zero-order valence-corrected chi connectivity index (χ0v) is 22.3. The molecule has 3 aromatic carbocycles. The summed E-state index contributed by atoms with van der Waals surface area (Å²) in [6.07, 6.45) is 0.983. The fraction of sp³-hybridized carbons (Fsp3) is 0.143. The Labute approximate surface area is 238 Å². The van der Waals surface area contributed by atoms with Crippen LogP contribution in [-0.2, 0) is 14.3 Å². The van der Waals surface area contributed by atoms with Crippen molar-refractivity contribution >= 4 is 47.3 Å². The van der Waals surface area contributed by atoms with Crippen molar-refractivity contribution in [2.75, 3.05) is 13.2 Å². The lowest BCUT2D eigenvalue weighted by Crippen LogP contribution is -2.13. The van der Waals surface area contributed by atoms with Crippen LogP contribution in [-0.4, -0.2) is 42.4 Å². The van der Waals surface area contributed by atoms with Crippen LogP contribution in [0, 0.1) is 0 Å². The summed E-state index contributed by atoms with van der Waals surface area (Å²) in [6, 6.07) is 13.5. The highest BCUT2D eigenvalue weighted by Gasteiger charge is 2.16. The summed E-state index contributed by atoms with van der Waals surface area (Å²) in [7, 11) is 0. The maximum absolute atomic E-state index is 12.5. The molecule has 0 aliphatic rings. The van der Waals surface area contributed by atoms with Crippen LogP contribution in [0.3, 0.4) is 0 Å². The van der Waals surface area contributed by atoms with Gasteiger partial charge in [0.05, 0.1) is 34.4 Å². The maximum atomic E-state index is 12.5. The van der Waals surface area contributed by atoms with Gasteiger partial charge in [0.1, 0.15) is 17.2 Å². The summed E-state index contributed by atoms with van der Waals surface area (Å²) in [5.74, 6) is -1.81. The molecule has 0 heterocycles. The fourth-order valence-corrected chi connectivity index (χ4v) is 3.36. The number of ether oxygens (including phenoxy) is 5. The number of hydrogen-bond donors (Lipinski definition) is 1. The number of unbranched alkanes of at least 4 members (excludes halogenated alkanes) is 1. The maximum Gasteiger partial charge on any atom is 0.513 e. The molecular weight excluding hydrogens is 567 g/mol. The minimum absolute atomic E-state index is 0.00812. The number of esters is 3. The Hall–Kier alpha value is -4.54. The number of benzene rings is 3.